The lowest BCUT2D eigenvalue weighted by molar-refractivity contribution is 0.0431. The zero-order valence-corrected chi connectivity index (χ0v) is 13.2. The number of nitrogens with one attached hydrogen (secondary N) is 1. The predicted octanol–water partition coefficient (Wildman–Crippen LogP) is 2.40. The molecular weight excluding hydrogens is 272 g/mol. The van der Waals surface area contributed by atoms with Gasteiger partial charge in [0.15, 0.2) is 0 Å². The molecule has 3 unspecified atom stereocenters. The van der Waals surface area contributed by atoms with Gasteiger partial charge in [0.2, 0.25) is 0 Å². The van der Waals surface area contributed by atoms with Crippen LogP contribution in [-0.4, -0.2) is 41.3 Å². The zero-order valence-electron chi connectivity index (χ0n) is 12.4. The summed E-state index contributed by atoms with van der Waals surface area (Å²) in [5.74, 6) is 0.283. The summed E-state index contributed by atoms with van der Waals surface area (Å²) < 4.78 is 0. The average molecular weight is 296 g/mol. The number of carbonyl (C=O) groups excluding carboxylic acids is 1. The van der Waals surface area contributed by atoms with Gasteiger partial charge in [0.25, 0.3) is 0 Å². The maximum absolute atomic E-state index is 12.2. The van der Waals surface area contributed by atoms with Gasteiger partial charge in [-0.1, -0.05) is 6.92 Å². The molecule has 1 fully saturated rings. The number of β-amino-alcohol motifs (C(OH)–C–C–N with tert-alkyl or cyclic N) is 1. The van der Waals surface area contributed by atoms with Crippen molar-refractivity contribution in [2.75, 3.05) is 13.1 Å². The summed E-state index contributed by atoms with van der Waals surface area (Å²) in [6.45, 7) is 7.32. The minimum atomic E-state index is -0.398. The van der Waals surface area contributed by atoms with Gasteiger partial charge in [-0.15, -0.1) is 11.3 Å². The van der Waals surface area contributed by atoms with Crippen LogP contribution in [0.1, 0.15) is 30.0 Å². The third-order valence-corrected chi connectivity index (χ3v) is 4.90. The number of urea groups is 1. The fourth-order valence-corrected chi connectivity index (χ4v) is 3.50. The zero-order chi connectivity index (χ0) is 14.7. The Bertz CT molecular complexity index is 460. The molecule has 0 saturated carbocycles. The molecule has 1 aliphatic heterocycles. The highest BCUT2D eigenvalue weighted by atomic mass is 32.1. The van der Waals surface area contributed by atoms with E-state index < -0.39 is 6.10 Å². The highest BCUT2D eigenvalue weighted by Crippen LogP contribution is 2.18. The standard InChI is InChI=1S/C15H24N2O2S/c1-10-6-7-17(9-14(10)18)15(19)16-11(2)8-13-5-4-12(3)20-13/h4-5,10-11,14,18H,6-9H2,1-3H3,(H,16,19). The van der Waals surface area contributed by atoms with Crippen LogP contribution in [0.5, 0.6) is 0 Å². The minimum Gasteiger partial charge on any atom is -0.391 e. The van der Waals surface area contributed by atoms with Gasteiger partial charge in [-0.05, 0) is 38.3 Å². The van der Waals surface area contributed by atoms with Crippen molar-refractivity contribution in [1.82, 2.24) is 10.2 Å². The van der Waals surface area contributed by atoms with Crippen LogP contribution < -0.4 is 5.32 Å². The molecule has 2 amide bonds. The molecule has 20 heavy (non-hydrogen) atoms. The summed E-state index contributed by atoms with van der Waals surface area (Å²) in [5.41, 5.74) is 0. The van der Waals surface area contributed by atoms with Gasteiger partial charge < -0.3 is 15.3 Å². The summed E-state index contributed by atoms with van der Waals surface area (Å²) >= 11 is 1.77. The summed E-state index contributed by atoms with van der Waals surface area (Å²) in [4.78, 5) is 16.5. The van der Waals surface area contributed by atoms with Gasteiger partial charge in [0.05, 0.1) is 6.10 Å². The Kier molecular flexibility index (Phi) is 5.05. The van der Waals surface area contributed by atoms with Crippen LogP contribution in [0.15, 0.2) is 12.1 Å². The van der Waals surface area contributed by atoms with Crippen LogP contribution in [0.4, 0.5) is 4.79 Å². The van der Waals surface area contributed by atoms with Gasteiger partial charge >= 0.3 is 6.03 Å². The molecule has 2 rings (SSSR count). The number of thiophene rings is 1. The van der Waals surface area contributed by atoms with Crippen molar-refractivity contribution < 1.29 is 9.90 Å². The molecule has 0 bridgehead atoms. The van der Waals surface area contributed by atoms with E-state index in [1.165, 1.54) is 9.75 Å². The van der Waals surface area contributed by atoms with Crippen molar-refractivity contribution in [2.24, 2.45) is 5.92 Å². The summed E-state index contributed by atoms with van der Waals surface area (Å²) in [6, 6.07) is 4.28. The van der Waals surface area contributed by atoms with Crippen molar-refractivity contribution in [3.05, 3.63) is 21.9 Å². The Balaban J connectivity index is 1.81. The Morgan fingerprint density at radius 1 is 1.60 bits per heavy atom. The number of piperidine rings is 1. The van der Waals surface area contributed by atoms with E-state index in [9.17, 15) is 9.90 Å². The maximum atomic E-state index is 12.2. The van der Waals surface area contributed by atoms with E-state index in [4.69, 9.17) is 0 Å². The molecular formula is C15H24N2O2S. The first-order chi connectivity index (χ1) is 9.45. The Morgan fingerprint density at radius 2 is 2.35 bits per heavy atom. The molecule has 3 atom stereocenters. The van der Waals surface area contributed by atoms with Crippen LogP contribution in [-0.2, 0) is 6.42 Å². The topological polar surface area (TPSA) is 52.6 Å². The molecule has 1 saturated heterocycles. The van der Waals surface area contributed by atoms with Crippen molar-refractivity contribution in [3.63, 3.8) is 0 Å². The molecule has 1 aliphatic rings. The smallest absolute Gasteiger partial charge is 0.317 e. The third kappa shape index (κ3) is 3.96. The number of nitrogens with zero attached hydrogens (tertiary/aromatic N) is 1. The van der Waals surface area contributed by atoms with Gasteiger partial charge in [-0.2, -0.15) is 0 Å². The van der Waals surface area contributed by atoms with Gasteiger partial charge in [0, 0.05) is 35.3 Å². The Labute approximate surface area is 124 Å². The fraction of sp³-hybridized carbons (Fsp3) is 0.667. The molecule has 4 nitrogen and oxygen atoms in total. The number of hydrogen-bond acceptors (Lipinski definition) is 3. The molecule has 5 heteroatoms. The monoisotopic (exact) mass is 296 g/mol. The largest absolute Gasteiger partial charge is 0.391 e. The normalized spacial score (nSPS) is 24.5. The number of carbonyl (C=O) groups is 1. The van der Waals surface area contributed by atoms with Crippen LogP contribution >= 0.6 is 11.3 Å². The van der Waals surface area contributed by atoms with Gasteiger partial charge in [-0.3, -0.25) is 0 Å². The molecule has 2 N–H and O–H groups in total. The van der Waals surface area contributed by atoms with Crippen LogP contribution in [0.3, 0.4) is 0 Å². The second-order valence-electron chi connectivity index (χ2n) is 5.85. The van der Waals surface area contributed by atoms with Crippen molar-refractivity contribution >= 4 is 17.4 Å². The second-order valence-corrected chi connectivity index (χ2v) is 7.22. The quantitative estimate of drug-likeness (QED) is 0.900. The number of likely N-dealkylation sites (tertiary alicyclic amines) is 1. The third-order valence-electron chi connectivity index (χ3n) is 3.88. The van der Waals surface area contributed by atoms with Crippen LogP contribution in [0.25, 0.3) is 0 Å². The Hall–Kier alpha value is -1.07. The fourth-order valence-electron chi connectivity index (χ4n) is 2.48. The lowest BCUT2D eigenvalue weighted by Gasteiger charge is -2.34. The molecule has 1 aromatic heterocycles. The first-order valence-corrected chi connectivity index (χ1v) is 8.06. The van der Waals surface area contributed by atoms with Crippen molar-refractivity contribution in [2.45, 2.75) is 45.8 Å². The van der Waals surface area contributed by atoms with E-state index in [0.717, 1.165) is 19.4 Å². The van der Waals surface area contributed by atoms with Crippen LogP contribution in [0.2, 0.25) is 0 Å². The van der Waals surface area contributed by atoms with Crippen molar-refractivity contribution in [1.29, 1.82) is 0 Å². The molecule has 1 aromatic rings. The maximum Gasteiger partial charge on any atom is 0.317 e. The highest BCUT2D eigenvalue weighted by molar-refractivity contribution is 7.11. The first-order valence-electron chi connectivity index (χ1n) is 7.24. The molecule has 0 spiro atoms. The summed E-state index contributed by atoms with van der Waals surface area (Å²) in [6.07, 6.45) is 1.33. The second kappa shape index (κ2) is 6.59. The summed E-state index contributed by atoms with van der Waals surface area (Å²) in [7, 11) is 0. The van der Waals surface area contributed by atoms with Crippen molar-refractivity contribution in [3.8, 4) is 0 Å². The average Bonchev–Trinajstić information content (AvgIpc) is 2.77. The molecule has 112 valence electrons. The number of aliphatic hydroxyl groups is 1. The lowest BCUT2D eigenvalue weighted by atomic mass is 9.96. The lowest BCUT2D eigenvalue weighted by Crippen LogP contribution is -2.51. The SMILES string of the molecule is Cc1ccc(CC(C)NC(=O)N2CCC(C)C(O)C2)s1. The summed E-state index contributed by atoms with van der Waals surface area (Å²) in [5, 5.41) is 12.9. The minimum absolute atomic E-state index is 0.0586. The van der Waals surface area contributed by atoms with Gasteiger partial charge in [-0.25, -0.2) is 4.79 Å². The number of rotatable bonds is 3. The molecule has 2 heterocycles. The van der Waals surface area contributed by atoms with Crippen LogP contribution in [0, 0.1) is 12.8 Å². The highest BCUT2D eigenvalue weighted by Gasteiger charge is 2.27. The van der Waals surface area contributed by atoms with E-state index in [-0.39, 0.29) is 18.0 Å². The number of aliphatic hydroxyl groups excluding tert-OH is 1. The van der Waals surface area contributed by atoms with Gasteiger partial charge in [0.1, 0.15) is 0 Å². The number of hydrogen-bond donors (Lipinski definition) is 2. The van der Waals surface area contributed by atoms with E-state index >= 15 is 0 Å². The number of amides is 2. The molecule has 0 aliphatic carbocycles. The Morgan fingerprint density at radius 3 is 2.95 bits per heavy atom. The first kappa shape index (κ1) is 15.3. The predicted molar refractivity (Wildman–Crippen MR) is 82.1 cm³/mol. The molecule has 0 radical (unpaired) electrons. The molecule has 0 aromatic carbocycles. The van der Waals surface area contributed by atoms with E-state index in [0.29, 0.717) is 6.54 Å². The van der Waals surface area contributed by atoms with E-state index in [1.54, 1.807) is 16.2 Å². The van der Waals surface area contributed by atoms with E-state index in [1.807, 2.05) is 13.8 Å². The van der Waals surface area contributed by atoms with E-state index in [2.05, 4.69) is 24.4 Å². The number of aryl methyl sites for hydroxylation is 1.